The highest BCUT2D eigenvalue weighted by molar-refractivity contribution is 9.10. The fraction of sp³-hybridized carbons (Fsp3) is 0.250. The molecule has 2 N–H and O–H groups in total. The van der Waals surface area contributed by atoms with Gasteiger partial charge < -0.3 is 5.73 Å². The van der Waals surface area contributed by atoms with Gasteiger partial charge in [0.15, 0.2) is 0 Å². The lowest BCUT2D eigenvalue weighted by molar-refractivity contribution is 0.436. The summed E-state index contributed by atoms with van der Waals surface area (Å²) in [5.74, 6) is 0. The molecule has 1 aromatic carbocycles. The zero-order chi connectivity index (χ0) is 9.14. The number of hydrogen-bond donors (Lipinski definition) is 1. The molecule has 0 bridgehead atoms. The summed E-state index contributed by atoms with van der Waals surface area (Å²) in [6.07, 6.45) is 0. The molecule has 1 nitrogen and oxygen atoms in total. The average Bonchev–Trinajstić information content (AvgIpc) is 2.08. The van der Waals surface area contributed by atoms with Gasteiger partial charge in [-0.25, -0.2) is 4.39 Å². The Morgan fingerprint density at radius 3 is 2.83 bits per heavy atom. The third kappa shape index (κ3) is 2.19. The SMILES string of the molecule is NC(CF)c1cc(Cl)ccc1Br. The van der Waals surface area contributed by atoms with E-state index in [9.17, 15) is 4.39 Å². The molecule has 0 amide bonds. The van der Waals surface area contributed by atoms with Crippen LogP contribution < -0.4 is 5.73 Å². The van der Waals surface area contributed by atoms with Crippen LogP contribution in [0.4, 0.5) is 4.39 Å². The first-order valence-electron chi connectivity index (χ1n) is 3.41. The molecule has 0 aliphatic carbocycles. The summed E-state index contributed by atoms with van der Waals surface area (Å²) >= 11 is 8.99. The third-order valence-corrected chi connectivity index (χ3v) is 2.48. The lowest BCUT2D eigenvalue weighted by atomic mass is 10.1. The summed E-state index contributed by atoms with van der Waals surface area (Å²) < 4.78 is 13.0. The zero-order valence-electron chi connectivity index (χ0n) is 6.23. The van der Waals surface area contributed by atoms with Crippen molar-refractivity contribution in [3.63, 3.8) is 0 Å². The van der Waals surface area contributed by atoms with E-state index in [1.807, 2.05) is 0 Å². The highest BCUT2D eigenvalue weighted by atomic mass is 79.9. The van der Waals surface area contributed by atoms with Crippen molar-refractivity contribution >= 4 is 27.5 Å². The quantitative estimate of drug-likeness (QED) is 0.860. The third-order valence-electron chi connectivity index (χ3n) is 1.52. The molecule has 66 valence electrons. The molecule has 0 fully saturated rings. The molecule has 1 rings (SSSR count). The van der Waals surface area contributed by atoms with Crippen LogP contribution in [0.3, 0.4) is 0 Å². The van der Waals surface area contributed by atoms with Crippen LogP contribution in [0.15, 0.2) is 22.7 Å². The minimum absolute atomic E-state index is 0.567. The Hall–Kier alpha value is -0.120. The van der Waals surface area contributed by atoms with Gasteiger partial charge in [0.25, 0.3) is 0 Å². The Balaban J connectivity index is 3.04. The van der Waals surface area contributed by atoms with Crippen molar-refractivity contribution in [2.45, 2.75) is 6.04 Å². The molecule has 4 heteroatoms. The molecule has 0 saturated carbocycles. The van der Waals surface area contributed by atoms with Crippen molar-refractivity contribution in [3.8, 4) is 0 Å². The Morgan fingerprint density at radius 1 is 1.58 bits per heavy atom. The first-order valence-corrected chi connectivity index (χ1v) is 4.58. The molecule has 0 heterocycles. The van der Waals surface area contributed by atoms with Crippen molar-refractivity contribution in [2.24, 2.45) is 5.73 Å². The van der Waals surface area contributed by atoms with E-state index in [1.54, 1.807) is 18.2 Å². The van der Waals surface area contributed by atoms with Gasteiger partial charge in [0.1, 0.15) is 6.67 Å². The fourth-order valence-corrected chi connectivity index (χ4v) is 1.60. The molecule has 1 aromatic rings. The van der Waals surface area contributed by atoms with Gasteiger partial charge >= 0.3 is 0 Å². The van der Waals surface area contributed by atoms with Gasteiger partial charge in [-0.2, -0.15) is 0 Å². The summed E-state index contributed by atoms with van der Waals surface area (Å²) in [4.78, 5) is 0. The van der Waals surface area contributed by atoms with Crippen LogP contribution in [-0.4, -0.2) is 6.67 Å². The standard InChI is InChI=1S/C8H8BrClFN/c9-7-2-1-5(10)3-6(7)8(12)4-11/h1-3,8H,4,12H2. The lowest BCUT2D eigenvalue weighted by Crippen LogP contribution is -2.12. The van der Waals surface area contributed by atoms with Gasteiger partial charge in [-0.05, 0) is 23.8 Å². The molecule has 12 heavy (non-hydrogen) atoms. The highest BCUT2D eigenvalue weighted by Gasteiger charge is 2.09. The summed E-state index contributed by atoms with van der Waals surface area (Å²) in [5, 5.41) is 0.567. The molecular weight excluding hydrogens is 244 g/mol. The summed E-state index contributed by atoms with van der Waals surface area (Å²) in [6.45, 7) is -0.584. The van der Waals surface area contributed by atoms with Crippen molar-refractivity contribution in [1.82, 2.24) is 0 Å². The molecular formula is C8H8BrClFN. The van der Waals surface area contributed by atoms with Gasteiger partial charge in [-0.15, -0.1) is 0 Å². The molecule has 0 aliphatic heterocycles. The van der Waals surface area contributed by atoms with Gasteiger partial charge in [-0.3, -0.25) is 0 Å². The van der Waals surface area contributed by atoms with E-state index in [-0.39, 0.29) is 0 Å². The maximum atomic E-state index is 12.2. The summed E-state index contributed by atoms with van der Waals surface area (Å²) in [6, 6.07) is 4.54. The van der Waals surface area contributed by atoms with Gasteiger partial charge in [-0.1, -0.05) is 27.5 Å². The van der Waals surface area contributed by atoms with Crippen molar-refractivity contribution in [1.29, 1.82) is 0 Å². The Bertz CT molecular complexity index is 280. The normalized spacial score (nSPS) is 13.0. The van der Waals surface area contributed by atoms with Crippen LogP contribution in [0.2, 0.25) is 5.02 Å². The fourth-order valence-electron chi connectivity index (χ4n) is 0.882. The van der Waals surface area contributed by atoms with E-state index < -0.39 is 12.7 Å². The van der Waals surface area contributed by atoms with Crippen LogP contribution >= 0.6 is 27.5 Å². The molecule has 1 unspecified atom stereocenters. The first kappa shape index (κ1) is 9.96. The molecule has 1 atom stereocenters. The van der Waals surface area contributed by atoms with E-state index in [2.05, 4.69) is 15.9 Å². The predicted octanol–water partition coefficient (Wildman–Crippen LogP) is 3.07. The number of alkyl halides is 1. The average molecular weight is 253 g/mol. The molecule has 0 aromatic heterocycles. The largest absolute Gasteiger partial charge is 0.322 e. The number of rotatable bonds is 2. The molecule has 0 radical (unpaired) electrons. The van der Waals surface area contributed by atoms with E-state index in [1.165, 1.54) is 0 Å². The van der Waals surface area contributed by atoms with Crippen LogP contribution in [0.5, 0.6) is 0 Å². The lowest BCUT2D eigenvalue weighted by Gasteiger charge is -2.09. The first-order chi connectivity index (χ1) is 5.65. The molecule has 0 saturated heterocycles. The number of halogens is 3. The monoisotopic (exact) mass is 251 g/mol. The van der Waals surface area contributed by atoms with E-state index in [4.69, 9.17) is 17.3 Å². The smallest absolute Gasteiger partial charge is 0.109 e. The van der Waals surface area contributed by atoms with Crippen LogP contribution in [0.1, 0.15) is 11.6 Å². The maximum absolute atomic E-state index is 12.2. The number of hydrogen-bond acceptors (Lipinski definition) is 1. The summed E-state index contributed by atoms with van der Waals surface area (Å²) in [5.41, 5.74) is 6.20. The topological polar surface area (TPSA) is 26.0 Å². The van der Waals surface area contributed by atoms with E-state index in [0.717, 1.165) is 4.47 Å². The predicted molar refractivity (Wildman–Crippen MR) is 52.1 cm³/mol. The van der Waals surface area contributed by atoms with Crippen LogP contribution in [-0.2, 0) is 0 Å². The Kier molecular flexibility index (Phi) is 3.50. The van der Waals surface area contributed by atoms with Crippen LogP contribution in [0, 0.1) is 0 Å². The maximum Gasteiger partial charge on any atom is 0.109 e. The number of nitrogens with two attached hydrogens (primary N) is 1. The minimum atomic E-state index is -0.599. The minimum Gasteiger partial charge on any atom is -0.322 e. The Labute approximate surface area is 83.8 Å². The van der Waals surface area contributed by atoms with Crippen molar-refractivity contribution < 1.29 is 4.39 Å². The van der Waals surface area contributed by atoms with Crippen molar-refractivity contribution in [2.75, 3.05) is 6.67 Å². The van der Waals surface area contributed by atoms with Crippen molar-refractivity contribution in [3.05, 3.63) is 33.3 Å². The van der Waals surface area contributed by atoms with Crippen LogP contribution in [0.25, 0.3) is 0 Å². The summed E-state index contributed by atoms with van der Waals surface area (Å²) in [7, 11) is 0. The molecule has 0 spiro atoms. The second-order valence-electron chi connectivity index (χ2n) is 2.43. The second kappa shape index (κ2) is 4.21. The van der Waals surface area contributed by atoms with E-state index >= 15 is 0 Å². The van der Waals surface area contributed by atoms with Gasteiger partial charge in [0.2, 0.25) is 0 Å². The Morgan fingerprint density at radius 2 is 2.25 bits per heavy atom. The van der Waals surface area contributed by atoms with Gasteiger partial charge in [0.05, 0.1) is 6.04 Å². The highest BCUT2D eigenvalue weighted by Crippen LogP contribution is 2.25. The van der Waals surface area contributed by atoms with E-state index in [0.29, 0.717) is 10.6 Å². The number of benzene rings is 1. The molecule has 0 aliphatic rings. The zero-order valence-corrected chi connectivity index (χ0v) is 8.57. The second-order valence-corrected chi connectivity index (χ2v) is 3.72. The van der Waals surface area contributed by atoms with Gasteiger partial charge in [0, 0.05) is 9.50 Å².